The third kappa shape index (κ3) is 2.99. The molecule has 1 heterocycles. The Hall–Kier alpha value is -2.10. The minimum atomic E-state index is 0.841. The lowest BCUT2D eigenvalue weighted by molar-refractivity contribution is 0.415. The van der Waals surface area contributed by atoms with Gasteiger partial charge in [-0.25, -0.2) is 9.97 Å². The Morgan fingerprint density at radius 3 is 2.52 bits per heavy atom. The van der Waals surface area contributed by atoms with E-state index in [0.717, 1.165) is 41.4 Å². The van der Waals surface area contributed by atoms with Crippen molar-refractivity contribution in [2.45, 2.75) is 34.1 Å². The van der Waals surface area contributed by atoms with Crippen LogP contribution in [0.15, 0.2) is 18.5 Å². The van der Waals surface area contributed by atoms with Crippen LogP contribution >= 0.6 is 0 Å². The molecule has 4 heteroatoms. The van der Waals surface area contributed by atoms with Gasteiger partial charge in [0.1, 0.15) is 17.9 Å². The number of hydrogen-bond acceptors (Lipinski definition) is 4. The Kier molecular flexibility index (Phi) is 4.78. The van der Waals surface area contributed by atoms with Gasteiger partial charge in [0.25, 0.3) is 0 Å². The van der Waals surface area contributed by atoms with E-state index in [0.29, 0.717) is 0 Å². The second-order valence-electron chi connectivity index (χ2n) is 5.09. The third-order valence-electron chi connectivity index (χ3n) is 3.54. The molecule has 1 aromatic heterocycles. The number of benzene rings is 1. The Morgan fingerprint density at radius 1 is 1.14 bits per heavy atom. The van der Waals surface area contributed by atoms with E-state index in [9.17, 15) is 0 Å². The summed E-state index contributed by atoms with van der Waals surface area (Å²) in [5, 5.41) is 3.31. The molecule has 4 nitrogen and oxygen atoms in total. The molecular formula is C17H23N3O. The zero-order valence-electron chi connectivity index (χ0n) is 13.4. The molecule has 0 bridgehead atoms. The van der Waals surface area contributed by atoms with Crippen LogP contribution in [0.2, 0.25) is 0 Å². The summed E-state index contributed by atoms with van der Waals surface area (Å²) in [6.45, 7) is 9.20. The van der Waals surface area contributed by atoms with Gasteiger partial charge in [-0.1, -0.05) is 13.0 Å². The molecule has 1 N–H and O–H groups in total. The first kappa shape index (κ1) is 15.3. The average Bonchev–Trinajstić information content (AvgIpc) is 2.46. The van der Waals surface area contributed by atoms with Gasteiger partial charge in [0.15, 0.2) is 0 Å². The molecule has 112 valence electrons. The van der Waals surface area contributed by atoms with Crippen molar-refractivity contribution in [3.63, 3.8) is 0 Å². The number of aromatic nitrogens is 2. The van der Waals surface area contributed by atoms with Crippen LogP contribution in [0.4, 0.5) is 5.82 Å². The first-order chi connectivity index (χ1) is 10.1. The van der Waals surface area contributed by atoms with E-state index in [4.69, 9.17) is 4.74 Å². The molecule has 0 unspecified atom stereocenters. The summed E-state index contributed by atoms with van der Waals surface area (Å²) in [4.78, 5) is 8.90. The number of ether oxygens (including phenoxy) is 1. The molecule has 2 rings (SSSR count). The maximum absolute atomic E-state index is 5.58. The van der Waals surface area contributed by atoms with Crippen LogP contribution in [0.25, 0.3) is 11.3 Å². The molecule has 0 saturated carbocycles. The van der Waals surface area contributed by atoms with Crippen LogP contribution in [0.5, 0.6) is 5.75 Å². The highest BCUT2D eigenvalue weighted by atomic mass is 16.5. The van der Waals surface area contributed by atoms with Crippen molar-refractivity contribution in [2.24, 2.45) is 0 Å². The van der Waals surface area contributed by atoms with Gasteiger partial charge in [-0.15, -0.1) is 0 Å². The van der Waals surface area contributed by atoms with E-state index in [1.807, 2.05) is 0 Å². The SMILES string of the molecule is CCNc1ncnc(-c2c(C)cc(C)cc2OC)c1CC. The van der Waals surface area contributed by atoms with E-state index < -0.39 is 0 Å². The predicted molar refractivity (Wildman–Crippen MR) is 87.0 cm³/mol. The summed E-state index contributed by atoms with van der Waals surface area (Å²) in [5.74, 6) is 1.77. The molecular weight excluding hydrogens is 262 g/mol. The van der Waals surface area contributed by atoms with Gasteiger partial charge >= 0.3 is 0 Å². The second-order valence-corrected chi connectivity index (χ2v) is 5.09. The summed E-state index contributed by atoms with van der Waals surface area (Å²) in [6, 6.07) is 4.21. The van der Waals surface area contributed by atoms with Crippen molar-refractivity contribution in [3.8, 4) is 17.0 Å². The zero-order chi connectivity index (χ0) is 15.4. The molecule has 0 atom stereocenters. The molecule has 0 spiro atoms. The summed E-state index contributed by atoms with van der Waals surface area (Å²) >= 11 is 0. The predicted octanol–water partition coefficient (Wildman–Crippen LogP) is 3.76. The first-order valence-corrected chi connectivity index (χ1v) is 7.35. The molecule has 0 aliphatic rings. The smallest absolute Gasteiger partial charge is 0.133 e. The van der Waals surface area contributed by atoms with Crippen LogP contribution < -0.4 is 10.1 Å². The Balaban J connectivity index is 2.69. The van der Waals surface area contributed by atoms with Crippen molar-refractivity contribution in [3.05, 3.63) is 35.2 Å². The van der Waals surface area contributed by atoms with Crippen LogP contribution in [-0.4, -0.2) is 23.6 Å². The molecule has 0 fully saturated rings. The van der Waals surface area contributed by atoms with Crippen molar-refractivity contribution in [1.29, 1.82) is 0 Å². The average molecular weight is 285 g/mol. The van der Waals surface area contributed by atoms with Gasteiger partial charge in [0.05, 0.1) is 12.8 Å². The highest BCUT2D eigenvalue weighted by molar-refractivity contribution is 5.76. The maximum Gasteiger partial charge on any atom is 0.133 e. The lowest BCUT2D eigenvalue weighted by Gasteiger charge is -2.17. The number of aryl methyl sites for hydroxylation is 2. The van der Waals surface area contributed by atoms with Gasteiger partial charge in [0.2, 0.25) is 0 Å². The minimum absolute atomic E-state index is 0.841. The second kappa shape index (κ2) is 6.57. The largest absolute Gasteiger partial charge is 0.496 e. The number of rotatable bonds is 5. The van der Waals surface area contributed by atoms with Gasteiger partial charge in [-0.3, -0.25) is 0 Å². The van der Waals surface area contributed by atoms with Crippen molar-refractivity contribution >= 4 is 5.82 Å². The lowest BCUT2D eigenvalue weighted by atomic mass is 9.97. The highest BCUT2D eigenvalue weighted by Gasteiger charge is 2.17. The molecule has 0 saturated heterocycles. The zero-order valence-corrected chi connectivity index (χ0v) is 13.4. The van der Waals surface area contributed by atoms with Crippen LogP contribution in [-0.2, 0) is 6.42 Å². The quantitative estimate of drug-likeness (QED) is 0.908. The van der Waals surface area contributed by atoms with Crippen molar-refractivity contribution < 1.29 is 4.74 Å². The fourth-order valence-corrected chi connectivity index (χ4v) is 2.68. The normalized spacial score (nSPS) is 10.5. The monoisotopic (exact) mass is 285 g/mol. The topological polar surface area (TPSA) is 47.0 Å². The van der Waals surface area contributed by atoms with E-state index in [1.165, 1.54) is 11.1 Å². The van der Waals surface area contributed by atoms with E-state index in [2.05, 4.69) is 55.1 Å². The standard InChI is InChI=1S/C17H23N3O/c1-6-13-16(19-10-20-17(13)18-7-2)15-12(4)8-11(3)9-14(15)21-5/h8-10H,6-7H2,1-5H3,(H,18,19,20). The van der Waals surface area contributed by atoms with E-state index in [1.54, 1.807) is 13.4 Å². The highest BCUT2D eigenvalue weighted by Crippen LogP contribution is 2.36. The van der Waals surface area contributed by atoms with Gasteiger partial charge in [0, 0.05) is 17.7 Å². The van der Waals surface area contributed by atoms with Gasteiger partial charge in [-0.05, 0) is 44.4 Å². The van der Waals surface area contributed by atoms with Gasteiger partial charge in [-0.2, -0.15) is 0 Å². The summed E-state index contributed by atoms with van der Waals surface area (Å²) in [6.07, 6.45) is 2.49. The van der Waals surface area contributed by atoms with Crippen LogP contribution in [0.3, 0.4) is 0 Å². The van der Waals surface area contributed by atoms with Crippen LogP contribution in [0.1, 0.15) is 30.5 Å². The fourth-order valence-electron chi connectivity index (χ4n) is 2.68. The third-order valence-corrected chi connectivity index (χ3v) is 3.54. The summed E-state index contributed by atoms with van der Waals surface area (Å²) in [5.41, 5.74) is 5.50. The Morgan fingerprint density at radius 2 is 1.90 bits per heavy atom. The number of methoxy groups -OCH3 is 1. The van der Waals surface area contributed by atoms with Gasteiger partial charge < -0.3 is 10.1 Å². The molecule has 0 aliphatic carbocycles. The maximum atomic E-state index is 5.58. The number of anilines is 1. The van der Waals surface area contributed by atoms with Crippen LogP contribution in [0, 0.1) is 13.8 Å². The minimum Gasteiger partial charge on any atom is -0.496 e. The first-order valence-electron chi connectivity index (χ1n) is 7.35. The molecule has 0 aliphatic heterocycles. The molecule has 2 aromatic rings. The summed E-state index contributed by atoms with van der Waals surface area (Å²) < 4.78 is 5.58. The molecule has 0 radical (unpaired) electrons. The lowest BCUT2D eigenvalue weighted by Crippen LogP contribution is -2.07. The Labute approximate surface area is 126 Å². The van der Waals surface area contributed by atoms with Crippen molar-refractivity contribution in [2.75, 3.05) is 19.0 Å². The molecule has 21 heavy (non-hydrogen) atoms. The molecule has 0 amide bonds. The number of hydrogen-bond donors (Lipinski definition) is 1. The van der Waals surface area contributed by atoms with E-state index in [-0.39, 0.29) is 0 Å². The number of nitrogens with one attached hydrogen (secondary N) is 1. The summed E-state index contributed by atoms with van der Waals surface area (Å²) in [7, 11) is 1.70. The molecule has 1 aromatic carbocycles. The van der Waals surface area contributed by atoms with E-state index >= 15 is 0 Å². The van der Waals surface area contributed by atoms with Crippen molar-refractivity contribution in [1.82, 2.24) is 9.97 Å². The Bertz CT molecular complexity index is 638. The fraction of sp³-hybridized carbons (Fsp3) is 0.412. The number of nitrogens with zero attached hydrogens (tertiary/aromatic N) is 2.